The standard InChI is InChI=1S/C16H19FN2O.ClH/c1-2-9-18-11-16(20)15-8-5-10-19(15)12-13-6-3-4-7-14(13)17;/h3-8,10,18H,2,9,11-12H2,1H3;1H. The van der Waals surface area contributed by atoms with Crippen molar-refractivity contribution in [2.45, 2.75) is 19.9 Å². The smallest absolute Gasteiger partial charge is 0.192 e. The monoisotopic (exact) mass is 310 g/mol. The van der Waals surface area contributed by atoms with Crippen molar-refractivity contribution >= 4 is 18.2 Å². The first-order valence-corrected chi connectivity index (χ1v) is 6.85. The van der Waals surface area contributed by atoms with Gasteiger partial charge in [0.05, 0.1) is 18.8 Å². The molecule has 1 N–H and O–H groups in total. The minimum absolute atomic E-state index is 0. The van der Waals surface area contributed by atoms with E-state index in [4.69, 9.17) is 0 Å². The van der Waals surface area contributed by atoms with Crippen molar-refractivity contribution in [2.24, 2.45) is 0 Å². The highest BCUT2D eigenvalue weighted by Crippen LogP contribution is 2.11. The van der Waals surface area contributed by atoms with E-state index in [1.54, 1.807) is 35.0 Å². The van der Waals surface area contributed by atoms with Crippen LogP contribution in [0.1, 0.15) is 29.4 Å². The quantitative estimate of drug-likeness (QED) is 0.629. The zero-order valence-corrected chi connectivity index (χ0v) is 12.8. The van der Waals surface area contributed by atoms with Crippen LogP contribution in [-0.4, -0.2) is 23.4 Å². The molecule has 114 valence electrons. The summed E-state index contributed by atoms with van der Waals surface area (Å²) in [6, 6.07) is 10.2. The van der Waals surface area contributed by atoms with Crippen molar-refractivity contribution in [3.05, 3.63) is 59.7 Å². The molecular weight excluding hydrogens is 291 g/mol. The van der Waals surface area contributed by atoms with Gasteiger partial charge in [-0.3, -0.25) is 4.79 Å². The molecule has 0 aliphatic rings. The summed E-state index contributed by atoms with van der Waals surface area (Å²) in [5.74, 6) is -0.219. The van der Waals surface area contributed by atoms with E-state index >= 15 is 0 Å². The summed E-state index contributed by atoms with van der Waals surface area (Å²) in [6.07, 6.45) is 2.79. The van der Waals surface area contributed by atoms with Crippen molar-refractivity contribution in [3.63, 3.8) is 0 Å². The Balaban J connectivity index is 0.00000220. The van der Waals surface area contributed by atoms with Gasteiger partial charge in [-0.1, -0.05) is 25.1 Å². The molecule has 0 fully saturated rings. The molecule has 0 spiro atoms. The molecule has 0 unspecified atom stereocenters. The Bertz CT molecular complexity index is 583. The third-order valence-corrected chi connectivity index (χ3v) is 3.13. The third-order valence-electron chi connectivity index (χ3n) is 3.13. The van der Waals surface area contributed by atoms with E-state index in [1.165, 1.54) is 6.07 Å². The number of nitrogens with one attached hydrogen (secondary N) is 1. The third kappa shape index (κ3) is 4.69. The number of hydrogen-bond donors (Lipinski definition) is 1. The minimum Gasteiger partial charge on any atom is -0.341 e. The summed E-state index contributed by atoms with van der Waals surface area (Å²) in [6.45, 7) is 3.56. The molecule has 0 aliphatic carbocycles. The van der Waals surface area contributed by atoms with Crippen molar-refractivity contribution in [1.29, 1.82) is 0 Å². The number of aromatic nitrogens is 1. The highest BCUT2D eigenvalue weighted by Gasteiger charge is 2.11. The Morgan fingerprint density at radius 1 is 1.24 bits per heavy atom. The van der Waals surface area contributed by atoms with Crippen LogP contribution in [0.25, 0.3) is 0 Å². The first-order chi connectivity index (χ1) is 9.72. The Morgan fingerprint density at radius 3 is 2.71 bits per heavy atom. The van der Waals surface area contributed by atoms with Crippen LogP contribution >= 0.6 is 12.4 Å². The lowest BCUT2D eigenvalue weighted by atomic mass is 10.2. The van der Waals surface area contributed by atoms with Gasteiger partial charge in [0.25, 0.3) is 0 Å². The number of nitrogens with zero attached hydrogens (tertiary/aromatic N) is 1. The molecule has 1 aromatic heterocycles. The van der Waals surface area contributed by atoms with Gasteiger partial charge in [0.15, 0.2) is 5.78 Å². The van der Waals surface area contributed by atoms with E-state index in [-0.39, 0.29) is 24.0 Å². The second-order valence-electron chi connectivity index (χ2n) is 4.71. The molecule has 0 saturated heterocycles. The fourth-order valence-corrected chi connectivity index (χ4v) is 2.08. The molecule has 2 aromatic rings. The van der Waals surface area contributed by atoms with E-state index in [1.807, 2.05) is 6.07 Å². The van der Waals surface area contributed by atoms with Crippen LogP contribution in [0.3, 0.4) is 0 Å². The average molecular weight is 311 g/mol. The van der Waals surface area contributed by atoms with E-state index < -0.39 is 0 Å². The van der Waals surface area contributed by atoms with Crippen LogP contribution in [0.2, 0.25) is 0 Å². The van der Waals surface area contributed by atoms with Gasteiger partial charge in [0, 0.05) is 11.8 Å². The molecule has 0 saturated carbocycles. The first kappa shape index (κ1) is 17.4. The molecule has 3 nitrogen and oxygen atoms in total. The molecule has 1 heterocycles. The zero-order chi connectivity index (χ0) is 14.4. The fraction of sp³-hybridized carbons (Fsp3) is 0.312. The van der Waals surface area contributed by atoms with Crippen LogP contribution in [0.5, 0.6) is 0 Å². The predicted molar refractivity (Wildman–Crippen MR) is 84.7 cm³/mol. The Hall–Kier alpha value is -1.65. The number of hydrogen-bond acceptors (Lipinski definition) is 2. The molecule has 0 aliphatic heterocycles. The van der Waals surface area contributed by atoms with E-state index in [2.05, 4.69) is 12.2 Å². The van der Waals surface area contributed by atoms with Crippen LogP contribution in [0.15, 0.2) is 42.6 Å². The van der Waals surface area contributed by atoms with Crippen molar-refractivity contribution < 1.29 is 9.18 Å². The first-order valence-electron chi connectivity index (χ1n) is 6.85. The van der Waals surface area contributed by atoms with Gasteiger partial charge in [-0.25, -0.2) is 4.39 Å². The molecule has 5 heteroatoms. The van der Waals surface area contributed by atoms with Crippen LogP contribution in [0.4, 0.5) is 4.39 Å². The minimum atomic E-state index is -0.247. The van der Waals surface area contributed by atoms with Crippen molar-refractivity contribution in [3.8, 4) is 0 Å². The van der Waals surface area contributed by atoms with Crippen molar-refractivity contribution in [2.75, 3.05) is 13.1 Å². The lowest BCUT2D eigenvalue weighted by Gasteiger charge is -2.10. The van der Waals surface area contributed by atoms with Crippen LogP contribution in [-0.2, 0) is 6.54 Å². The number of Topliss-reactive ketones (excluding diaryl/α,β-unsaturated/α-hetero) is 1. The zero-order valence-electron chi connectivity index (χ0n) is 12.0. The maximum Gasteiger partial charge on any atom is 0.192 e. The highest BCUT2D eigenvalue weighted by molar-refractivity contribution is 5.96. The molecule has 1 aromatic carbocycles. The Morgan fingerprint density at radius 2 is 2.00 bits per heavy atom. The van der Waals surface area contributed by atoms with Gasteiger partial charge >= 0.3 is 0 Å². The summed E-state index contributed by atoms with van der Waals surface area (Å²) in [7, 11) is 0. The maximum absolute atomic E-state index is 13.7. The van der Waals surface area contributed by atoms with Gasteiger partial charge < -0.3 is 9.88 Å². The molecule has 21 heavy (non-hydrogen) atoms. The lowest BCUT2D eigenvalue weighted by molar-refractivity contribution is 0.0983. The molecule has 0 radical (unpaired) electrons. The second-order valence-corrected chi connectivity index (χ2v) is 4.71. The van der Waals surface area contributed by atoms with Crippen LogP contribution in [0, 0.1) is 5.82 Å². The van der Waals surface area contributed by atoms with Gasteiger partial charge in [0.1, 0.15) is 5.82 Å². The van der Waals surface area contributed by atoms with Gasteiger partial charge in [-0.2, -0.15) is 0 Å². The Labute approximate surface area is 130 Å². The summed E-state index contributed by atoms with van der Waals surface area (Å²) in [4.78, 5) is 12.1. The SMILES string of the molecule is CCCNCC(=O)c1cccn1Cc1ccccc1F.Cl. The number of halogens is 2. The second kappa shape index (κ2) is 8.60. The van der Waals surface area contributed by atoms with Crippen molar-refractivity contribution in [1.82, 2.24) is 9.88 Å². The fourth-order valence-electron chi connectivity index (χ4n) is 2.08. The van der Waals surface area contributed by atoms with E-state index in [0.29, 0.717) is 24.3 Å². The van der Waals surface area contributed by atoms with Crippen LogP contribution < -0.4 is 5.32 Å². The predicted octanol–water partition coefficient (Wildman–Crippen LogP) is 3.28. The number of carbonyl (C=O) groups excluding carboxylic acids is 1. The number of carbonyl (C=O) groups is 1. The number of benzene rings is 1. The Kier molecular flexibility index (Phi) is 7.12. The summed E-state index contributed by atoms with van der Waals surface area (Å²) in [5.41, 5.74) is 1.19. The van der Waals surface area contributed by atoms with Gasteiger partial charge in [-0.15, -0.1) is 12.4 Å². The summed E-state index contributed by atoms with van der Waals surface area (Å²) in [5, 5.41) is 3.09. The summed E-state index contributed by atoms with van der Waals surface area (Å²) >= 11 is 0. The molecule has 0 amide bonds. The molecule has 0 bridgehead atoms. The van der Waals surface area contributed by atoms with Gasteiger partial charge in [-0.05, 0) is 31.2 Å². The lowest BCUT2D eigenvalue weighted by Crippen LogP contribution is -2.25. The molecular formula is C16H20ClFN2O. The van der Waals surface area contributed by atoms with E-state index in [9.17, 15) is 9.18 Å². The maximum atomic E-state index is 13.7. The molecule has 0 atom stereocenters. The number of rotatable bonds is 7. The highest BCUT2D eigenvalue weighted by atomic mass is 35.5. The molecule has 2 rings (SSSR count). The normalized spacial score (nSPS) is 10.2. The topological polar surface area (TPSA) is 34.0 Å². The van der Waals surface area contributed by atoms with Gasteiger partial charge in [0.2, 0.25) is 0 Å². The largest absolute Gasteiger partial charge is 0.341 e. The average Bonchev–Trinajstić information content (AvgIpc) is 2.90. The van der Waals surface area contributed by atoms with E-state index in [0.717, 1.165) is 13.0 Å². The number of ketones is 1. The summed E-state index contributed by atoms with van der Waals surface area (Å²) < 4.78 is 15.4.